The number of aromatic hydroxyl groups is 1. The van der Waals surface area contributed by atoms with Crippen molar-refractivity contribution in [1.82, 2.24) is 0 Å². The molecule has 1 aromatic carbocycles. The summed E-state index contributed by atoms with van der Waals surface area (Å²) < 4.78 is 35.5. The van der Waals surface area contributed by atoms with Crippen molar-refractivity contribution in [1.29, 1.82) is 0 Å². The van der Waals surface area contributed by atoms with E-state index >= 15 is 0 Å². The number of halogens is 4. The molecule has 0 spiro atoms. The molecule has 1 nitrogen and oxygen atoms in total. The highest BCUT2D eigenvalue weighted by molar-refractivity contribution is 8.00. The fourth-order valence-corrected chi connectivity index (χ4v) is 1.38. The average Bonchev–Trinajstić information content (AvgIpc) is 1.94. The summed E-state index contributed by atoms with van der Waals surface area (Å²) in [6.45, 7) is 0. The van der Waals surface area contributed by atoms with Crippen molar-refractivity contribution in [2.45, 2.75) is 10.4 Å². The molecular weight excluding hydrogens is 225 g/mol. The van der Waals surface area contributed by atoms with Crippen molar-refractivity contribution in [3.05, 3.63) is 23.2 Å². The van der Waals surface area contributed by atoms with E-state index in [-0.39, 0.29) is 27.4 Å². The minimum Gasteiger partial charge on any atom is -0.506 e. The van der Waals surface area contributed by atoms with Crippen molar-refractivity contribution in [3.8, 4) is 5.75 Å². The van der Waals surface area contributed by atoms with Gasteiger partial charge in [-0.2, -0.15) is 13.2 Å². The molecule has 13 heavy (non-hydrogen) atoms. The van der Waals surface area contributed by atoms with Crippen molar-refractivity contribution in [2.75, 3.05) is 0 Å². The summed E-state index contributed by atoms with van der Waals surface area (Å²) in [6, 6.07) is 3.38. The van der Waals surface area contributed by atoms with Crippen LogP contribution in [-0.4, -0.2) is 10.6 Å². The van der Waals surface area contributed by atoms with Crippen molar-refractivity contribution >= 4 is 23.4 Å². The van der Waals surface area contributed by atoms with Gasteiger partial charge in [-0.3, -0.25) is 0 Å². The molecule has 1 aromatic rings. The molecule has 1 N–H and O–H groups in total. The van der Waals surface area contributed by atoms with Crippen molar-refractivity contribution in [2.24, 2.45) is 0 Å². The van der Waals surface area contributed by atoms with Gasteiger partial charge >= 0.3 is 5.51 Å². The van der Waals surface area contributed by atoms with Crippen LogP contribution in [0.4, 0.5) is 13.2 Å². The summed E-state index contributed by atoms with van der Waals surface area (Å²) in [5, 5.41) is 9.02. The number of phenolic OH excluding ortho intramolecular Hbond substituents is 1. The van der Waals surface area contributed by atoms with E-state index in [4.69, 9.17) is 16.7 Å². The quantitative estimate of drug-likeness (QED) is 0.741. The van der Waals surface area contributed by atoms with E-state index in [1.165, 1.54) is 12.1 Å². The lowest BCUT2D eigenvalue weighted by molar-refractivity contribution is -0.0328. The summed E-state index contributed by atoms with van der Waals surface area (Å²) in [6.07, 6.45) is 0. The lowest BCUT2D eigenvalue weighted by atomic mass is 10.3. The molecule has 0 saturated heterocycles. The summed E-state index contributed by atoms with van der Waals surface area (Å²) >= 11 is 5.12. The second-order valence-corrected chi connectivity index (χ2v) is 3.71. The minimum atomic E-state index is -4.35. The molecule has 0 fully saturated rings. The molecule has 0 aliphatic carbocycles. The van der Waals surface area contributed by atoms with E-state index in [1.54, 1.807) is 0 Å². The molecule has 0 bridgehead atoms. The Morgan fingerprint density at radius 1 is 1.31 bits per heavy atom. The lowest BCUT2D eigenvalue weighted by Gasteiger charge is -2.05. The second-order valence-electron chi connectivity index (χ2n) is 2.16. The summed E-state index contributed by atoms with van der Waals surface area (Å²) in [7, 11) is 0. The van der Waals surface area contributed by atoms with Gasteiger partial charge in [0.05, 0.1) is 5.02 Å². The van der Waals surface area contributed by atoms with Crippen LogP contribution in [0.25, 0.3) is 0 Å². The topological polar surface area (TPSA) is 20.2 Å². The van der Waals surface area contributed by atoms with Crippen LogP contribution < -0.4 is 0 Å². The summed E-state index contributed by atoms with van der Waals surface area (Å²) in [5.41, 5.74) is -4.35. The normalized spacial score (nSPS) is 11.7. The van der Waals surface area contributed by atoms with Gasteiger partial charge in [0, 0.05) is 4.90 Å². The first-order valence-electron chi connectivity index (χ1n) is 3.13. The predicted octanol–water partition coefficient (Wildman–Crippen LogP) is 3.66. The van der Waals surface area contributed by atoms with E-state index in [2.05, 4.69) is 0 Å². The fraction of sp³-hybridized carbons (Fsp3) is 0.143. The standard InChI is InChI=1S/C7H4ClF3OS/c8-5-2-1-4(3-6(5)12)13-7(9,10)11/h1-3,12H. The molecular formula is C7H4ClF3OS. The summed E-state index contributed by atoms with van der Waals surface area (Å²) in [4.78, 5) is -0.0885. The van der Waals surface area contributed by atoms with Gasteiger partial charge in [0.15, 0.2) is 0 Å². The van der Waals surface area contributed by atoms with Gasteiger partial charge < -0.3 is 5.11 Å². The zero-order chi connectivity index (χ0) is 10.1. The maximum absolute atomic E-state index is 11.8. The Morgan fingerprint density at radius 2 is 1.92 bits per heavy atom. The van der Waals surface area contributed by atoms with Crippen molar-refractivity contribution in [3.63, 3.8) is 0 Å². The van der Waals surface area contributed by atoms with Gasteiger partial charge in [0.2, 0.25) is 0 Å². The smallest absolute Gasteiger partial charge is 0.446 e. The molecule has 72 valence electrons. The third-order valence-corrected chi connectivity index (χ3v) is 2.19. The van der Waals surface area contributed by atoms with Crippen LogP contribution in [-0.2, 0) is 0 Å². The van der Waals surface area contributed by atoms with Crippen LogP contribution in [0, 0.1) is 0 Å². The molecule has 0 amide bonds. The Hall–Kier alpha value is -0.550. The number of hydrogen-bond acceptors (Lipinski definition) is 2. The predicted molar refractivity (Wildman–Crippen MR) is 45.0 cm³/mol. The number of hydrogen-bond donors (Lipinski definition) is 1. The largest absolute Gasteiger partial charge is 0.506 e. The first-order valence-corrected chi connectivity index (χ1v) is 4.32. The average molecular weight is 229 g/mol. The van der Waals surface area contributed by atoms with Gasteiger partial charge in [-0.25, -0.2) is 0 Å². The van der Waals surface area contributed by atoms with Gasteiger partial charge in [0.1, 0.15) is 5.75 Å². The maximum atomic E-state index is 11.8. The molecule has 0 unspecified atom stereocenters. The molecule has 1 rings (SSSR count). The van der Waals surface area contributed by atoms with E-state index < -0.39 is 5.51 Å². The van der Waals surface area contributed by atoms with Crippen molar-refractivity contribution < 1.29 is 18.3 Å². The van der Waals surface area contributed by atoms with Gasteiger partial charge in [-0.05, 0) is 30.0 Å². The first-order chi connectivity index (χ1) is 5.88. The number of rotatable bonds is 1. The Balaban J connectivity index is 2.86. The van der Waals surface area contributed by atoms with E-state index in [0.717, 1.165) is 6.07 Å². The highest BCUT2D eigenvalue weighted by Gasteiger charge is 2.29. The van der Waals surface area contributed by atoms with Crippen LogP contribution in [0.5, 0.6) is 5.75 Å². The number of benzene rings is 1. The van der Waals surface area contributed by atoms with E-state index in [0.29, 0.717) is 0 Å². The van der Waals surface area contributed by atoms with Crippen LogP contribution in [0.3, 0.4) is 0 Å². The Kier molecular flexibility index (Phi) is 2.98. The molecule has 0 atom stereocenters. The number of thioether (sulfide) groups is 1. The second kappa shape index (κ2) is 3.67. The summed E-state index contributed by atoms with van der Waals surface area (Å²) in [5.74, 6) is -0.351. The highest BCUT2D eigenvalue weighted by Crippen LogP contribution is 2.39. The number of phenols is 1. The third-order valence-electron chi connectivity index (χ3n) is 1.15. The zero-order valence-corrected chi connectivity index (χ0v) is 7.67. The lowest BCUT2D eigenvalue weighted by Crippen LogP contribution is -1.98. The SMILES string of the molecule is Oc1cc(SC(F)(F)F)ccc1Cl. The Labute approximate surface area is 81.5 Å². The first kappa shape index (κ1) is 10.5. The van der Waals surface area contributed by atoms with E-state index in [1.807, 2.05) is 0 Å². The molecule has 0 radical (unpaired) electrons. The third kappa shape index (κ3) is 3.36. The molecule has 0 aliphatic rings. The Bertz CT molecular complexity index is 313. The van der Waals surface area contributed by atoms with Crippen LogP contribution >= 0.6 is 23.4 Å². The van der Waals surface area contributed by atoms with Gasteiger partial charge in [-0.1, -0.05) is 11.6 Å². The maximum Gasteiger partial charge on any atom is 0.446 e. The highest BCUT2D eigenvalue weighted by atomic mass is 35.5. The van der Waals surface area contributed by atoms with Crippen LogP contribution in [0.1, 0.15) is 0 Å². The molecule has 0 aromatic heterocycles. The molecule has 0 saturated carbocycles. The molecule has 0 heterocycles. The minimum absolute atomic E-state index is 0.0338. The van der Waals surface area contributed by atoms with E-state index in [9.17, 15) is 13.2 Å². The van der Waals surface area contributed by atoms with Gasteiger partial charge in [0.25, 0.3) is 0 Å². The molecule has 0 aliphatic heterocycles. The zero-order valence-electron chi connectivity index (χ0n) is 6.10. The van der Waals surface area contributed by atoms with Crippen LogP contribution in [0.15, 0.2) is 23.1 Å². The van der Waals surface area contributed by atoms with Gasteiger partial charge in [-0.15, -0.1) is 0 Å². The van der Waals surface area contributed by atoms with Crippen LogP contribution in [0.2, 0.25) is 5.02 Å². The fourth-order valence-electron chi connectivity index (χ4n) is 0.690. The Morgan fingerprint density at radius 3 is 2.38 bits per heavy atom. The number of alkyl halides is 3. The molecule has 6 heteroatoms. The monoisotopic (exact) mass is 228 g/mol.